The molecule has 0 aliphatic carbocycles. The first-order valence-corrected chi connectivity index (χ1v) is 9.46. The van der Waals surface area contributed by atoms with E-state index in [1.54, 1.807) is 11.8 Å². The fourth-order valence-electron chi connectivity index (χ4n) is 4.40. The summed E-state index contributed by atoms with van der Waals surface area (Å²) in [5, 5.41) is 21.5. The van der Waals surface area contributed by atoms with Gasteiger partial charge < -0.3 is 29.5 Å². The standard InChI is InChI=1S/C20H26N2O6/c1-4-8-28-20(27)21-7-5-6-13(21)9-11(2)14-10-15-16(12(3)23)18(24)22(15)17(14)19(25)26/h4,9,12-13,15-16,23H,1,5-8,10H2,2-3H3,(H,25,26)/p-1/b11-9+/t12-,13-,15-,16-/m1/s1. The van der Waals surface area contributed by atoms with Crippen LogP contribution in [0.25, 0.3) is 0 Å². The molecule has 0 aromatic carbocycles. The maximum absolute atomic E-state index is 12.3. The molecule has 3 heterocycles. The number of β-lactam (4-membered cyclic amide) rings is 1. The highest BCUT2D eigenvalue weighted by atomic mass is 16.6. The lowest BCUT2D eigenvalue weighted by atomic mass is 9.82. The van der Waals surface area contributed by atoms with E-state index in [4.69, 9.17) is 4.74 Å². The maximum atomic E-state index is 12.3. The summed E-state index contributed by atoms with van der Waals surface area (Å²) in [6.07, 6.45) is 4.00. The Morgan fingerprint density at radius 1 is 1.46 bits per heavy atom. The van der Waals surface area contributed by atoms with Crippen LogP contribution in [-0.2, 0) is 14.3 Å². The third-order valence-electron chi connectivity index (χ3n) is 5.70. The van der Waals surface area contributed by atoms with Gasteiger partial charge in [0.05, 0.1) is 35.8 Å². The van der Waals surface area contributed by atoms with Gasteiger partial charge >= 0.3 is 6.09 Å². The highest BCUT2D eigenvalue weighted by Crippen LogP contribution is 2.45. The Balaban J connectivity index is 1.84. The molecular weight excluding hydrogens is 364 g/mol. The van der Waals surface area contributed by atoms with Crippen LogP contribution in [0.1, 0.15) is 33.1 Å². The zero-order chi connectivity index (χ0) is 20.6. The molecule has 2 amide bonds. The van der Waals surface area contributed by atoms with E-state index < -0.39 is 30.0 Å². The van der Waals surface area contributed by atoms with E-state index in [1.165, 1.54) is 17.9 Å². The van der Waals surface area contributed by atoms with Crippen molar-refractivity contribution in [2.24, 2.45) is 5.92 Å². The van der Waals surface area contributed by atoms with Crippen molar-refractivity contribution < 1.29 is 29.3 Å². The number of carboxylic acid groups (broad SMARTS) is 1. The molecule has 0 aromatic rings. The minimum Gasteiger partial charge on any atom is -0.543 e. The number of rotatable bonds is 6. The maximum Gasteiger partial charge on any atom is 0.410 e. The van der Waals surface area contributed by atoms with E-state index in [0.717, 1.165) is 12.8 Å². The summed E-state index contributed by atoms with van der Waals surface area (Å²) >= 11 is 0. The summed E-state index contributed by atoms with van der Waals surface area (Å²) < 4.78 is 5.11. The van der Waals surface area contributed by atoms with Gasteiger partial charge in [-0.3, -0.25) is 4.79 Å². The van der Waals surface area contributed by atoms with E-state index >= 15 is 0 Å². The van der Waals surface area contributed by atoms with Crippen molar-refractivity contribution in [2.75, 3.05) is 13.2 Å². The van der Waals surface area contributed by atoms with Gasteiger partial charge in [-0.25, -0.2) is 4.79 Å². The Morgan fingerprint density at radius 3 is 2.79 bits per heavy atom. The zero-order valence-electron chi connectivity index (χ0n) is 16.1. The molecule has 0 radical (unpaired) electrons. The second-order valence-electron chi connectivity index (χ2n) is 7.48. The van der Waals surface area contributed by atoms with E-state index in [2.05, 4.69) is 6.58 Å². The summed E-state index contributed by atoms with van der Waals surface area (Å²) in [7, 11) is 0. The number of fused-ring (bicyclic) bond motifs is 1. The van der Waals surface area contributed by atoms with E-state index in [1.807, 2.05) is 6.08 Å². The van der Waals surface area contributed by atoms with Gasteiger partial charge in [-0.2, -0.15) is 0 Å². The quantitative estimate of drug-likeness (QED) is 0.518. The molecule has 28 heavy (non-hydrogen) atoms. The van der Waals surface area contributed by atoms with Gasteiger partial charge in [-0.1, -0.05) is 18.7 Å². The van der Waals surface area contributed by atoms with Gasteiger partial charge in [0.2, 0.25) is 5.91 Å². The first-order valence-electron chi connectivity index (χ1n) is 9.46. The minimum atomic E-state index is -1.41. The Morgan fingerprint density at radius 2 is 2.18 bits per heavy atom. The van der Waals surface area contributed by atoms with Gasteiger partial charge in [-0.15, -0.1) is 0 Å². The predicted octanol–water partition coefficient (Wildman–Crippen LogP) is 0.335. The summed E-state index contributed by atoms with van der Waals surface area (Å²) in [6.45, 7) is 7.52. The summed E-state index contributed by atoms with van der Waals surface area (Å²) in [5.41, 5.74) is 1.09. The highest BCUT2D eigenvalue weighted by Gasteiger charge is 2.55. The number of aliphatic hydroxyl groups is 1. The number of allylic oxidation sites excluding steroid dienone is 1. The molecule has 3 rings (SSSR count). The molecule has 0 unspecified atom stereocenters. The lowest BCUT2D eigenvalue weighted by molar-refractivity contribution is -0.301. The van der Waals surface area contributed by atoms with Crippen LogP contribution in [0.15, 0.2) is 35.6 Å². The molecule has 1 N–H and O–H groups in total. The Kier molecular flexibility index (Phi) is 5.60. The molecule has 152 valence electrons. The monoisotopic (exact) mass is 389 g/mol. The number of carbonyl (C=O) groups is 3. The van der Waals surface area contributed by atoms with E-state index in [9.17, 15) is 24.6 Å². The molecule has 8 nitrogen and oxygen atoms in total. The van der Waals surface area contributed by atoms with Gasteiger partial charge in [0.15, 0.2) is 0 Å². The summed E-state index contributed by atoms with van der Waals surface area (Å²) in [4.78, 5) is 39.0. The number of amides is 2. The van der Waals surface area contributed by atoms with E-state index in [0.29, 0.717) is 24.1 Å². The van der Waals surface area contributed by atoms with Crippen LogP contribution < -0.4 is 5.11 Å². The fourth-order valence-corrected chi connectivity index (χ4v) is 4.40. The molecule has 2 saturated heterocycles. The molecule has 0 saturated carbocycles. The number of likely N-dealkylation sites (tertiary alicyclic amines) is 1. The topological polar surface area (TPSA) is 110 Å². The number of carbonyl (C=O) groups excluding carboxylic acids is 3. The zero-order valence-corrected chi connectivity index (χ0v) is 16.1. The first-order chi connectivity index (χ1) is 13.3. The number of aliphatic hydroxyl groups excluding tert-OH is 1. The Labute approximate surface area is 163 Å². The van der Waals surface area contributed by atoms with Crippen LogP contribution in [0.4, 0.5) is 4.79 Å². The van der Waals surface area contributed by atoms with Gasteiger partial charge in [0.1, 0.15) is 6.61 Å². The highest BCUT2D eigenvalue weighted by molar-refractivity contribution is 5.99. The third kappa shape index (κ3) is 3.32. The lowest BCUT2D eigenvalue weighted by Gasteiger charge is -2.45. The SMILES string of the molecule is C=CCOC(=O)N1CCC[C@@H]1/C=C(\C)C1=C(C(=O)[O-])N2C(=O)[C@H]([C@@H](C)O)[C@H]2C1. The van der Waals surface area contributed by atoms with Crippen molar-refractivity contribution in [2.45, 2.75) is 51.3 Å². The second-order valence-corrected chi connectivity index (χ2v) is 7.48. The van der Waals surface area contributed by atoms with Crippen LogP contribution in [0.5, 0.6) is 0 Å². The average molecular weight is 389 g/mol. The molecule has 3 aliphatic rings. The summed E-state index contributed by atoms with van der Waals surface area (Å²) in [6, 6.07) is -0.569. The van der Waals surface area contributed by atoms with Crippen molar-refractivity contribution in [1.82, 2.24) is 9.80 Å². The minimum absolute atomic E-state index is 0.126. The van der Waals surface area contributed by atoms with Gasteiger partial charge in [0.25, 0.3) is 0 Å². The van der Waals surface area contributed by atoms with Gasteiger partial charge in [-0.05, 0) is 44.3 Å². The number of nitrogens with zero attached hydrogens (tertiary/aromatic N) is 2. The molecule has 4 atom stereocenters. The molecule has 8 heteroatoms. The number of aliphatic carboxylic acids is 1. The van der Waals surface area contributed by atoms with Crippen LogP contribution in [0.2, 0.25) is 0 Å². The number of ether oxygens (including phenoxy) is 1. The van der Waals surface area contributed by atoms with Crippen LogP contribution in [0.3, 0.4) is 0 Å². The Bertz CT molecular complexity index is 769. The largest absolute Gasteiger partial charge is 0.543 e. The van der Waals surface area contributed by atoms with Crippen molar-refractivity contribution in [1.29, 1.82) is 0 Å². The smallest absolute Gasteiger partial charge is 0.410 e. The molecule has 3 aliphatic heterocycles. The lowest BCUT2D eigenvalue weighted by Crippen LogP contribution is -2.62. The van der Waals surface area contributed by atoms with Crippen molar-refractivity contribution in [3.8, 4) is 0 Å². The number of hydrogen-bond acceptors (Lipinski definition) is 6. The Hall–Kier alpha value is -2.61. The third-order valence-corrected chi connectivity index (χ3v) is 5.70. The molecule has 0 aromatic heterocycles. The molecule has 2 fully saturated rings. The van der Waals surface area contributed by atoms with Crippen molar-refractivity contribution in [3.05, 3.63) is 35.6 Å². The first kappa shape index (κ1) is 20.1. The van der Waals surface area contributed by atoms with E-state index in [-0.39, 0.29) is 24.4 Å². The van der Waals surface area contributed by atoms with Crippen molar-refractivity contribution in [3.63, 3.8) is 0 Å². The second kappa shape index (κ2) is 7.79. The van der Waals surface area contributed by atoms with Crippen LogP contribution in [-0.4, -0.2) is 64.2 Å². The van der Waals surface area contributed by atoms with Crippen LogP contribution >= 0.6 is 0 Å². The predicted molar refractivity (Wildman–Crippen MR) is 97.5 cm³/mol. The number of hydrogen-bond donors (Lipinski definition) is 1. The van der Waals surface area contributed by atoms with Crippen molar-refractivity contribution >= 4 is 18.0 Å². The summed E-state index contributed by atoms with van der Waals surface area (Å²) in [5.74, 6) is -2.40. The fraction of sp³-hybridized carbons (Fsp3) is 0.550. The molecule has 0 bridgehead atoms. The van der Waals surface area contributed by atoms with Gasteiger partial charge in [0, 0.05) is 6.54 Å². The molecule has 0 spiro atoms. The number of carboxylic acids is 1. The normalized spacial score (nSPS) is 28.2. The molecular formula is C20H25N2O6-. The van der Waals surface area contributed by atoms with Crippen LogP contribution in [0, 0.1) is 5.92 Å². The average Bonchev–Trinajstić information content (AvgIpc) is 3.21.